The van der Waals surface area contributed by atoms with Crippen LogP contribution in [0.25, 0.3) is 32.9 Å². The molecule has 5 aromatic rings. The van der Waals surface area contributed by atoms with Crippen LogP contribution in [0.4, 0.5) is 5.69 Å². The van der Waals surface area contributed by atoms with Crippen LogP contribution in [-0.4, -0.2) is 23.3 Å². The maximum atomic E-state index is 13.6. The van der Waals surface area contributed by atoms with Crippen LogP contribution in [0.1, 0.15) is 5.56 Å². The first-order chi connectivity index (χ1) is 14.9. The van der Waals surface area contributed by atoms with E-state index in [0.717, 1.165) is 10.9 Å². The molecular weight excluding hydrogens is 414 g/mol. The van der Waals surface area contributed by atoms with E-state index in [4.69, 9.17) is 0 Å². The number of nitro benzene ring substituents is 1. The number of hydrogen-bond donors (Lipinski definition) is 2. The summed E-state index contributed by atoms with van der Waals surface area (Å²) in [4.78, 5) is 17.2. The van der Waals surface area contributed by atoms with Crippen molar-refractivity contribution >= 4 is 37.3 Å². The predicted octanol–water partition coefficient (Wildman–Crippen LogP) is 5.37. The molecule has 2 N–H and O–H groups in total. The number of aromatic nitrogens is 2. The topological polar surface area (TPSA) is 109 Å². The molecule has 0 bridgehead atoms. The summed E-state index contributed by atoms with van der Waals surface area (Å²) in [5, 5.41) is 12.7. The predicted molar refractivity (Wildman–Crippen MR) is 119 cm³/mol. The largest absolute Gasteiger partial charge is 0.361 e. The van der Waals surface area contributed by atoms with E-state index < -0.39 is 14.8 Å². The maximum absolute atomic E-state index is 13.6. The quantitative estimate of drug-likeness (QED) is 0.295. The smallest absolute Gasteiger partial charge is 0.270 e. The van der Waals surface area contributed by atoms with Crippen LogP contribution >= 0.6 is 0 Å². The molecule has 0 spiro atoms. The number of aryl methyl sites for hydroxylation is 1. The lowest BCUT2D eigenvalue weighted by Crippen LogP contribution is -2.04. The highest BCUT2D eigenvalue weighted by molar-refractivity contribution is 7.91. The fourth-order valence-corrected chi connectivity index (χ4v) is 5.31. The minimum absolute atomic E-state index is 0.0591. The summed E-state index contributed by atoms with van der Waals surface area (Å²) in [6.45, 7) is 1.89. The first-order valence-electron chi connectivity index (χ1n) is 9.54. The Morgan fingerprint density at radius 1 is 0.903 bits per heavy atom. The lowest BCUT2D eigenvalue weighted by Gasteiger charge is -2.07. The summed E-state index contributed by atoms with van der Waals surface area (Å²) in [5.74, 6) is 0. The normalized spacial score (nSPS) is 11.9. The van der Waals surface area contributed by atoms with Gasteiger partial charge in [-0.15, -0.1) is 0 Å². The second-order valence-corrected chi connectivity index (χ2v) is 9.27. The zero-order valence-electron chi connectivity index (χ0n) is 16.4. The Kier molecular flexibility index (Phi) is 4.19. The SMILES string of the molecule is Cc1ccc(S(=O)(=O)c2[nH]c3ccccc3c2-c2c[nH]c3ccc([N+](=O)[O-])cc23)cc1. The third kappa shape index (κ3) is 3.00. The molecule has 0 aliphatic rings. The molecule has 0 fully saturated rings. The van der Waals surface area contributed by atoms with Gasteiger partial charge in [-0.3, -0.25) is 10.1 Å². The summed E-state index contributed by atoms with van der Waals surface area (Å²) in [6.07, 6.45) is 1.69. The molecule has 0 amide bonds. The van der Waals surface area contributed by atoms with Crippen LogP contribution < -0.4 is 0 Å². The minimum Gasteiger partial charge on any atom is -0.361 e. The van der Waals surface area contributed by atoms with Gasteiger partial charge in [0.1, 0.15) is 5.03 Å². The molecular formula is C23H17N3O4S. The Labute approximate surface area is 177 Å². The molecule has 0 atom stereocenters. The van der Waals surface area contributed by atoms with Crippen LogP contribution in [0, 0.1) is 17.0 Å². The van der Waals surface area contributed by atoms with Gasteiger partial charge in [0.05, 0.1) is 9.82 Å². The van der Waals surface area contributed by atoms with Crippen molar-refractivity contribution in [3.63, 3.8) is 0 Å². The zero-order chi connectivity index (χ0) is 21.8. The average Bonchev–Trinajstić information content (AvgIpc) is 3.35. The van der Waals surface area contributed by atoms with E-state index in [2.05, 4.69) is 9.97 Å². The maximum Gasteiger partial charge on any atom is 0.270 e. The van der Waals surface area contributed by atoms with Crippen LogP contribution in [0.5, 0.6) is 0 Å². The zero-order valence-corrected chi connectivity index (χ0v) is 17.2. The molecule has 3 aromatic carbocycles. The molecule has 0 radical (unpaired) electrons. The highest BCUT2D eigenvalue weighted by atomic mass is 32.2. The second kappa shape index (κ2) is 6.82. The third-order valence-electron chi connectivity index (χ3n) is 5.42. The van der Waals surface area contributed by atoms with Crippen LogP contribution in [0.15, 0.2) is 82.8 Å². The molecule has 5 rings (SSSR count). The van der Waals surface area contributed by atoms with Crippen molar-refractivity contribution in [3.8, 4) is 11.1 Å². The van der Waals surface area contributed by atoms with E-state index in [0.29, 0.717) is 27.5 Å². The van der Waals surface area contributed by atoms with Crippen molar-refractivity contribution in [3.05, 3.63) is 88.6 Å². The van der Waals surface area contributed by atoms with Gasteiger partial charge in [-0.25, -0.2) is 8.42 Å². The Bertz CT molecular complexity index is 1580. The highest BCUT2D eigenvalue weighted by Gasteiger charge is 2.28. The first kappa shape index (κ1) is 19.1. The molecule has 154 valence electrons. The van der Waals surface area contributed by atoms with Gasteiger partial charge in [0.2, 0.25) is 9.84 Å². The number of aromatic amines is 2. The number of nitrogens with one attached hydrogen (secondary N) is 2. The number of sulfone groups is 1. The van der Waals surface area contributed by atoms with E-state index >= 15 is 0 Å². The molecule has 31 heavy (non-hydrogen) atoms. The number of nitro groups is 1. The number of H-pyrrole nitrogens is 2. The van der Waals surface area contributed by atoms with E-state index in [1.807, 2.05) is 31.2 Å². The van der Waals surface area contributed by atoms with Crippen molar-refractivity contribution in [2.45, 2.75) is 16.8 Å². The van der Waals surface area contributed by atoms with Crippen molar-refractivity contribution in [1.82, 2.24) is 9.97 Å². The molecule has 0 aliphatic carbocycles. The summed E-state index contributed by atoms with van der Waals surface area (Å²) in [7, 11) is -3.87. The number of fused-ring (bicyclic) bond motifs is 2. The number of benzene rings is 3. The summed E-state index contributed by atoms with van der Waals surface area (Å²) in [5.41, 5.74) is 3.33. The molecule has 0 saturated carbocycles. The first-order valence-corrected chi connectivity index (χ1v) is 11.0. The molecule has 7 nitrogen and oxygen atoms in total. The number of hydrogen-bond acceptors (Lipinski definition) is 4. The van der Waals surface area contributed by atoms with Crippen molar-refractivity contribution in [2.24, 2.45) is 0 Å². The summed E-state index contributed by atoms with van der Waals surface area (Å²) >= 11 is 0. The van der Waals surface area contributed by atoms with Crippen molar-refractivity contribution in [1.29, 1.82) is 0 Å². The molecule has 0 aliphatic heterocycles. The number of rotatable bonds is 4. The van der Waals surface area contributed by atoms with Gasteiger partial charge >= 0.3 is 0 Å². The lowest BCUT2D eigenvalue weighted by atomic mass is 10.0. The van der Waals surface area contributed by atoms with Gasteiger partial charge < -0.3 is 9.97 Å². The molecule has 2 heterocycles. The van der Waals surface area contributed by atoms with Gasteiger partial charge in [-0.05, 0) is 31.2 Å². The number of para-hydroxylation sites is 1. The van der Waals surface area contributed by atoms with Gasteiger partial charge in [0.25, 0.3) is 5.69 Å². The summed E-state index contributed by atoms with van der Waals surface area (Å²) in [6, 6.07) is 18.5. The molecule has 8 heteroatoms. The van der Waals surface area contributed by atoms with Crippen LogP contribution in [-0.2, 0) is 9.84 Å². The number of nitrogens with zero attached hydrogens (tertiary/aromatic N) is 1. The highest BCUT2D eigenvalue weighted by Crippen LogP contribution is 2.41. The van der Waals surface area contributed by atoms with E-state index in [1.54, 1.807) is 36.5 Å². The van der Waals surface area contributed by atoms with E-state index in [9.17, 15) is 18.5 Å². The Morgan fingerprint density at radius 3 is 2.39 bits per heavy atom. The van der Waals surface area contributed by atoms with Crippen LogP contribution in [0.3, 0.4) is 0 Å². The number of non-ortho nitro benzene ring substituents is 1. The van der Waals surface area contributed by atoms with E-state index in [-0.39, 0.29) is 15.6 Å². The Hall–Kier alpha value is -3.91. The second-order valence-electron chi connectivity index (χ2n) is 7.38. The fourth-order valence-electron chi connectivity index (χ4n) is 3.85. The van der Waals surface area contributed by atoms with E-state index in [1.165, 1.54) is 12.1 Å². The lowest BCUT2D eigenvalue weighted by molar-refractivity contribution is -0.384. The fraction of sp³-hybridized carbons (Fsp3) is 0.0435. The van der Waals surface area contributed by atoms with Gasteiger partial charge in [-0.1, -0.05) is 35.9 Å². The molecule has 0 saturated heterocycles. The monoisotopic (exact) mass is 431 g/mol. The Morgan fingerprint density at radius 2 is 1.65 bits per heavy atom. The van der Waals surface area contributed by atoms with Gasteiger partial charge in [0.15, 0.2) is 0 Å². The van der Waals surface area contributed by atoms with Crippen molar-refractivity contribution < 1.29 is 13.3 Å². The van der Waals surface area contributed by atoms with Crippen molar-refractivity contribution in [2.75, 3.05) is 0 Å². The third-order valence-corrected chi connectivity index (χ3v) is 7.15. The average molecular weight is 431 g/mol. The molecule has 2 aromatic heterocycles. The Balaban J connectivity index is 1.84. The molecule has 0 unspecified atom stereocenters. The summed E-state index contributed by atoms with van der Waals surface area (Å²) < 4.78 is 27.2. The minimum atomic E-state index is -3.87. The van der Waals surface area contributed by atoms with Gasteiger partial charge in [0, 0.05) is 51.3 Å². The standard InChI is InChI=1S/C23H17N3O4S/c1-14-6-9-16(10-7-14)31(29,30)23-22(17-4-2-3-5-21(17)25-23)19-13-24-20-11-8-15(26(27)28)12-18(19)20/h2-13,24-25H,1H3. The van der Waals surface area contributed by atoms with Gasteiger partial charge in [-0.2, -0.15) is 0 Å². The van der Waals surface area contributed by atoms with Crippen LogP contribution in [0.2, 0.25) is 0 Å².